The standard InChI is InChI=1S/C28H30N6O2/c1-4-25(27-30-31-32-34(27)18-24-11-8-12-36-24)33(16-21-9-6-5-7-10-21)17-23-15-22-14-19(2)13-20(3)26(22)29-28(23)35/h5-15,25H,4,16-18H2,1-3H3,(H,29,35)/t25-/m1/s1. The first-order valence-electron chi connectivity index (χ1n) is 12.2. The number of nitrogens with zero attached hydrogens (tertiary/aromatic N) is 5. The summed E-state index contributed by atoms with van der Waals surface area (Å²) >= 11 is 0. The van der Waals surface area contributed by atoms with Gasteiger partial charge in [-0.1, -0.05) is 48.9 Å². The Morgan fingerprint density at radius 1 is 1.06 bits per heavy atom. The first-order valence-corrected chi connectivity index (χ1v) is 12.2. The van der Waals surface area contributed by atoms with Gasteiger partial charge in [0.05, 0.1) is 17.8 Å². The monoisotopic (exact) mass is 482 g/mol. The van der Waals surface area contributed by atoms with Crippen molar-refractivity contribution in [3.8, 4) is 0 Å². The maximum atomic E-state index is 13.2. The molecular formula is C28H30N6O2. The molecule has 36 heavy (non-hydrogen) atoms. The van der Waals surface area contributed by atoms with Crippen LogP contribution in [0.25, 0.3) is 10.9 Å². The second kappa shape index (κ2) is 10.3. The molecule has 0 spiro atoms. The molecule has 2 aromatic carbocycles. The van der Waals surface area contributed by atoms with Gasteiger partial charge in [-0.25, -0.2) is 4.68 Å². The second-order valence-corrected chi connectivity index (χ2v) is 9.26. The van der Waals surface area contributed by atoms with Gasteiger partial charge in [-0.2, -0.15) is 0 Å². The summed E-state index contributed by atoms with van der Waals surface area (Å²) in [6.45, 7) is 7.77. The molecule has 0 unspecified atom stereocenters. The number of fused-ring (bicyclic) bond motifs is 1. The minimum atomic E-state index is -0.107. The highest BCUT2D eigenvalue weighted by Crippen LogP contribution is 2.27. The number of benzene rings is 2. The smallest absolute Gasteiger partial charge is 0.252 e. The molecule has 5 aromatic rings. The number of tetrazole rings is 1. The third-order valence-electron chi connectivity index (χ3n) is 6.54. The minimum Gasteiger partial charge on any atom is -0.467 e. The third kappa shape index (κ3) is 4.99. The topological polar surface area (TPSA) is 92.8 Å². The van der Waals surface area contributed by atoms with Crippen LogP contribution in [0.15, 0.2) is 76.1 Å². The summed E-state index contributed by atoms with van der Waals surface area (Å²) in [5.74, 6) is 1.53. The predicted molar refractivity (Wildman–Crippen MR) is 138 cm³/mol. The van der Waals surface area contributed by atoms with Crippen molar-refractivity contribution in [3.05, 3.63) is 111 Å². The molecule has 0 saturated heterocycles. The highest BCUT2D eigenvalue weighted by molar-refractivity contribution is 5.82. The van der Waals surface area contributed by atoms with Crippen molar-refractivity contribution in [2.24, 2.45) is 0 Å². The van der Waals surface area contributed by atoms with E-state index >= 15 is 0 Å². The van der Waals surface area contributed by atoms with Gasteiger partial charge < -0.3 is 9.40 Å². The molecule has 0 amide bonds. The Morgan fingerprint density at radius 3 is 2.64 bits per heavy atom. The van der Waals surface area contributed by atoms with E-state index in [-0.39, 0.29) is 11.6 Å². The average Bonchev–Trinajstić information content (AvgIpc) is 3.54. The Labute approximate surface area is 209 Å². The fourth-order valence-electron chi connectivity index (χ4n) is 4.88. The molecular weight excluding hydrogens is 452 g/mol. The number of nitrogens with one attached hydrogen (secondary N) is 1. The Bertz CT molecular complexity index is 1500. The minimum absolute atomic E-state index is 0.0717. The van der Waals surface area contributed by atoms with E-state index < -0.39 is 0 Å². The van der Waals surface area contributed by atoms with E-state index in [1.165, 1.54) is 5.56 Å². The highest BCUT2D eigenvalue weighted by Gasteiger charge is 2.26. The van der Waals surface area contributed by atoms with E-state index in [1.807, 2.05) is 43.3 Å². The quantitative estimate of drug-likeness (QED) is 0.320. The first kappa shape index (κ1) is 23.7. The molecule has 1 N–H and O–H groups in total. The molecule has 3 aromatic heterocycles. The summed E-state index contributed by atoms with van der Waals surface area (Å²) < 4.78 is 7.31. The number of hydrogen-bond donors (Lipinski definition) is 1. The first-order chi connectivity index (χ1) is 17.5. The lowest BCUT2D eigenvalue weighted by atomic mass is 10.0. The summed E-state index contributed by atoms with van der Waals surface area (Å²) in [6, 6.07) is 20.2. The number of H-pyrrole nitrogens is 1. The van der Waals surface area contributed by atoms with Crippen LogP contribution in [0.4, 0.5) is 0 Å². The highest BCUT2D eigenvalue weighted by atomic mass is 16.3. The second-order valence-electron chi connectivity index (χ2n) is 9.26. The molecule has 0 bridgehead atoms. The Hall–Kier alpha value is -4.04. The van der Waals surface area contributed by atoms with Crippen molar-refractivity contribution in [2.45, 2.75) is 52.9 Å². The Kier molecular flexibility index (Phi) is 6.77. The molecule has 0 saturated carbocycles. The molecule has 184 valence electrons. The normalized spacial score (nSPS) is 12.4. The molecule has 8 nitrogen and oxygen atoms in total. The number of rotatable bonds is 9. The van der Waals surface area contributed by atoms with Gasteiger partial charge in [-0.05, 0) is 71.5 Å². The van der Waals surface area contributed by atoms with Crippen LogP contribution in [0.2, 0.25) is 0 Å². The van der Waals surface area contributed by atoms with Crippen molar-refractivity contribution in [3.63, 3.8) is 0 Å². The number of aromatic amines is 1. The van der Waals surface area contributed by atoms with Crippen LogP contribution in [-0.2, 0) is 19.6 Å². The number of hydrogen-bond acceptors (Lipinski definition) is 6. The van der Waals surface area contributed by atoms with E-state index in [2.05, 4.69) is 63.5 Å². The lowest BCUT2D eigenvalue weighted by Gasteiger charge is -2.30. The Morgan fingerprint density at radius 2 is 1.89 bits per heavy atom. The molecule has 5 rings (SSSR count). The summed E-state index contributed by atoms with van der Waals surface area (Å²) in [6.07, 6.45) is 2.42. The van der Waals surface area contributed by atoms with E-state index in [4.69, 9.17) is 4.42 Å². The largest absolute Gasteiger partial charge is 0.467 e. The summed E-state index contributed by atoms with van der Waals surface area (Å²) in [5, 5.41) is 13.6. The number of aromatic nitrogens is 5. The fraction of sp³-hybridized carbons (Fsp3) is 0.286. The Balaban J connectivity index is 1.53. The SMILES string of the molecule is CC[C@H](c1nnnn1Cc1ccco1)N(Cc1ccccc1)Cc1cc2cc(C)cc(C)c2[nH]c1=O. The maximum Gasteiger partial charge on any atom is 0.252 e. The van der Waals surface area contributed by atoms with Crippen molar-refractivity contribution in [1.29, 1.82) is 0 Å². The van der Waals surface area contributed by atoms with Crippen LogP contribution in [0.3, 0.4) is 0 Å². The van der Waals surface area contributed by atoms with Crippen LogP contribution >= 0.6 is 0 Å². The zero-order chi connectivity index (χ0) is 25.1. The maximum absolute atomic E-state index is 13.2. The number of aryl methyl sites for hydroxylation is 2. The van der Waals surface area contributed by atoms with Gasteiger partial charge in [0.25, 0.3) is 5.56 Å². The molecule has 0 aliphatic carbocycles. The summed E-state index contributed by atoms with van der Waals surface area (Å²) in [7, 11) is 0. The van der Waals surface area contributed by atoms with E-state index in [9.17, 15) is 4.79 Å². The molecule has 8 heteroatoms. The van der Waals surface area contributed by atoms with Crippen LogP contribution in [0.5, 0.6) is 0 Å². The van der Waals surface area contributed by atoms with Crippen molar-refractivity contribution >= 4 is 10.9 Å². The third-order valence-corrected chi connectivity index (χ3v) is 6.54. The average molecular weight is 483 g/mol. The fourth-order valence-corrected chi connectivity index (χ4v) is 4.88. The lowest BCUT2D eigenvalue weighted by molar-refractivity contribution is 0.161. The van der Waals surface area contributed by atoms with Gasteiger partial charge >= 0.3 is 0 Å². The molecule has 0 radical (unpaired) electrons. The lowest BCUT2D eigenvalue weighted by Crippen LogP contribution is -2.32. The van der Waals surface area contributed by atoms with E-state index in [0.717, 1.165) is 40.0 Å². The summed E-state index contributed by atoms with van der Waals surface area (Å²) in [5.41, 5.74) is 4.92. The van der Waals surface area contributed by atoms with Gasteiger partial charge in [0.1, 0.15) is 12.3 Å². The van der Waals surface area contributed by atoms with Crippen LogP contribution in [-0.4, -0.2) is 30.1 Å². The van der Waals surface area contributed by atoms with Crippen molar-refractivity contribution < 1.29 is 4.42 Å². The molecule has 3 heterocycles. The van der Waals surface area contributed by atoms with Gasteiger partial charge in [0.2, 0.25) is 0 Å². The van der Waals surface area contributed by atoms with Gasteiger partial charge in [0.15, 0.2) is 5.82 Å². The zero-order valence-corrected chi connectivity index (χ0v) is 20.8. The zero-order valence-electron chi connectivity index (χ0n) is 20.8. The predicted octanol–water partition coefficient (Wildman–Crippen LogP) is 4.93. The van der Waals surface area contributed by atoms with Gasteiger partial charge in [-0.3, -0.25) is 9.69 Å². The van der Waals surface area contributed by atoms with Crippen molar-refractivity contribution in [2.75, 3.05) is 0 Å². The van der Waals surface area contributed by atoms with Crippen molar-refractivity contribution in [1.82, 2.24) is 30.1 Å². The molecule has 0 aliphatic heterocycles. The molecule has 0 aliphatic rings. The van der Waals surface area contributed by atoms with Gasteiger partial charge in [0, 0.05) is 18.7 Å². The van der Waals surface area contributed by atoms with Crippen LogP contribution in [0.1, 0.15) is 53.2 Å². The van der Waals surface area contributed by atoms with E-state index in [1.54, 1.807) is 10.9 Å². The van der Waals surface area contributed by atoms with E-state index in [0.29, 0.717) is 25.2 Å². The number of pyridine rings is 1. The molecule has 1 atom stereocenters. The van der Waals surface area contributed by atoms with Gasteiger partial charge in [-0.15, -0.1) is 5.10 Å². The van der Waals surface area contributed by atoms with Crippen LogP contribution in [0, 0.1) is 13.8 Å². The number of furan rings is 1. The summed E-state index contributed by atoms with van der Waals surface area (Å²) in [4.78, 5) is 18.6. The van der Waals surface area contributed by atoms with Crippen LogP contribution < -0.4 is 5.56 Å². The molecule has 0 fully saturated rings.